The monoisotopic (exact) mass is 357 g/mol. The number of piperazine rings is 1. The summed E-state index contributed by atoms with van der Waals surface area (Å²) in [5, 5.41) is 9.03. The number of ether oxygens (including phenoxy) is 1. The Kier molecular flexibility index (Phi) is 5.46. The molecule has 7 nitrogen and oxygen atoms in total. The smallest absolute Gasteiger partial charge is 0.260 e. The van der Waals surface area contributed by atoms with Crippen molar-refractivity contribution in [1.82, 2.24) is 9.21 Å². The minimum atomic E-state index is -3.22. The number of sulfonamides is 1. The molecule has 0 radical (unpaired) electrons. The van der Waals surface area contributed by atoms with Crippen molar-refractivity contribution in [3.63, 3.8) is 0 Å². The third kappa shape index (κ3) is 4.58. The molecular weight excluding hydrogens is 342 g/mol. The molecule has 0 N–H and O–H groups in total. The summed E-state index contributed by atoms with van der Waals surface area (Å²) in [6, 6.07) is 6.51. The molecule has 1 heterocycles. The maximum atomic E-state index is 12.1. The van der Waals surface area contributed by atoms with Crippen LogP contribution in [0.25, 0.3) is 0 Å². The van der Waals surface area contributed by atoms with Crippen LogP contribution in [-0.4, -0.2) is 62.6 Å². The van der Waals surface area contributed by atoms with Gasteiger partial charge in [-0.1, -0.05) is 11.6 Å². The Morgan fingerprint density at radius 1 is 1.35 bits per heavy atom. The fourth-order valence-corrected chi connectivity index (χ4v) is 3.25. The molecule has 124 valence electrons. The maximum Gasteiger partial charge on any atom is 0.260 e. The van der Waals surface area contributed by atoms with Crippen molar-refractivity contribution in [2.75, 3.05) is 39.0 Å². The van der Waals surface area contributed by atoms with Crippen molar-refractivity contribution >= 4 is 27.5 Å². The summed E-state index contributed by atoms with van der Waals surface area (Å²) in [7, 11) is -3.22. The average Bonchev–Trinajstić information content (AvgIpc) is 2.52. The third-order valence-corrected chi connectivity index (χ3v) is 5.07. The average molecular weight is 358 g/mol. The number of rotatable bonds is 4. The van der Waals surface area contributed by atoms with Gasteiger partial charge < -0.3 is 9.64 Å². The number of amides is 1. The van der Waals surface area contributed by atoms with E-state index in [4.69, 9.17) is 21.6 Å². The first kappa shape index (κ1) is 17.5. The number of hydrogen-bond acceptors (Lipinski definition) is 5. The molecule has 1 aromatic carbocycles. The summed E-state index contributed by atoms with van der Waals surface area (Å²) in [5.74, 6) is 0.0902. The van der Waals surface area contributed by atoms with Gasteiger partial charge in [0, 0.05) is 26.2 Å². The van der Waals surface area contributed by atoms with Crippen LogP contribution in [-0.2, 0) is 14.8 Å². The van der Waals surface area contributed by atoms with Crippen molar-refractivity contribution in [2.45, 2.75) is 0 Å². The van der Waals surface area contributed by atoms with E-state index in [1.807, 2.05) is 6.07 Å². The third-order valence-electron chi connectivity index (χ3n) is 3.47. The highest BCUT2D eigenvalue weighted by molar-refractivity contribution is 7.88. The van der Waals surface area contributed by atoms with E-state index < -0.39 is 10.0 Å². The standard InChI is InChI=1S/C14H16ClN3O4S/c1-23(20,21)18-6-4-17(5-7-18)14(19)10-22-13-3-2-11(9-16)8-12(13)15/h2-3,8H,4-7,10H2,1H3. The fourth-order valence-electron chi connectivity index (χ4n) is 2.19. The number of nitrogens with zero attached hydrogens (tertiary/aromatic N) is 3. The second-order valence-electron chi connectivity index (χ2n) is 5.09. The molecule has 1 aromatic rings. The first-order valence-corrected chi connectivity index (χ1v) is 9.09. The number of benzene rings is 1. The fraction of sp³-hybridized carbons (Fsp3) is 0.429. The van der Waals surface area contributed by atoms with E-state index in [1.165, 1.54) is 16.4 Å². The second-order valence-corrected chi connectivity index (χ2v) is 7.48. The van der Waals surface area contributed by atoms with Gasteiger partial charge in [0.15, 0.2) is 6.61 Å². The van der Waals surface area contributed by atoms with Gasteiger partial charge in [-0.3, -0.25) is 4.79 Å². The zero-order chi connectivity index (χ0) is 17.0. The first-order chi connectivity index (χ1) is 10.8. The van der Waals surface area contributed by atoms with Crippen LogP contribution in [0.1, 0.15) is 5.56 Å². The van der Waals surface area contributed by atoms with E-state index in [-0.39, 0.29) is 30.6 Å². The van der Waals surface area contributed by atoms with Crippen LogP contribution < -0.4 is 4.74 Å². The Bertz CT molecular complexity index is 737. The van der Waals surface area contributed by atoms with Crippen LogP contribution in [0.4, 0.5) is 0 Å². The zero-order valence-corrected chi connectivity index (χ0v) is 14.1. The van der Waals surface area contributed by atoms with Gasteiger partial charge in [0.05, 0.1) is 22.9 Å². The van der Waals surface area contributed by atoms with E-state index in [2.05, 4.69) is 0 Å². The molecule has 2 rings (SSSR count). The van der Waals surface area contributed by atoms with Gasteiger partial charge in [-0.15, -0.1) is 0 Å². The van der Waals surface area contributed by atoms with E-state index in [0.29, 0.717) is 24.4 Å². The van der Waals surface area contributed by atoms with Crippen LogP contribution in [0.2, 0.25) is 5.02 Å². The van der Waals surface area contributed by atoms with Crippen LogP contribution in [0.5, 0.6) is 5.75 Å². The highest BCUT2D eigenvalue weighted by Gasteiger charge is 2.26. The van der Waals surface area contributed by atoms with Crippen molar-refractivity contribution in [3.8, 4) is 11.8 Å². The van der Waals surface area contributed by atoms with Crippen LogP contribution in [0.15, 0.2) is 18.2 Å². The van der Waals surface area contributed by atoms with E-state index in [1.54, 1.807) is 11.0 Å². The molecule has 0 bridgehead atoms. The highest BCUT2D eigenvalue weighted by atomic mass is 35.5. The lowest BCUT2D eigenvalue weighted by atomic mass is 10.2. The molecule has 1 amide bonds. The number of nitriles is 1. The zero-order valence-electron chi connectivity index (χ0n) is 12.5. The van der Waals surface area contributed by atoms with Crippen LogP contribution in [0.3, 0.4) is 0 Å². The van der Waals surface area contributed by atoms with Gasteiger partial charge in [0.1, 0.15) is 5.75 Å². The molecule has 9 heteroatoms. The first-order valence-electron chi connectivity index (χ1n) is 6.86. The Hall–Kier alpha value is -1.82. The lowest BCUT2D eigenvalue weighted by Crippen LogP contribution is -2.51. The molecule has 23 heavy (non-hydrogen) atoms. The molecule has 1 fully saturated rings. The van der Waals surface area contributed by atoms with Gasteiger partial charge in [-0.05, 0) is 18.2 Å². The largest absolute Gasteiger partial charge is 0.482 e. The second kappa shape index (κ2) is 7.17. The molecule has 1 aliphatic heterocycles. The summed E-state index contributed by atoms with van der Waals surface area (Å²) in [6.45, 7) is 1.03. The Labute approximate surface area is 140 Å². The summed E-state index contributed by atoms with van der Waals surface area (Å²) in [4.78, 5) is 13.7. The van der Waals surface area contributed by atoms with Gasteiger partial charge in [0.2, 0.25) is 10.0 Å². The number of carbonyl (C=O) groups excluding carboxylic acids is 1. The lowest BCUT2D eigenvalue weighted by molar-refractivity contribution is -0.134. The minimum Gasteiger partial charge on any atom is -0.482 e. The van der Waals surface area contributed by atoms with Gasteiger partial charge in [-0.25, -0.2) is 8.42 Å². The summed E-state index contributed by atoms with van der Waals surface area (Å²) in [5.41, 5.74) is 0.408. The molecule has 0 aliphatic carbocycles. The molecule has 1 saturated heterocycles. The van der Waals surface area contributed by atoms with Gasteiger partial charge in [0.25, 0.3) is 5.91 Å². The predicted octanol–water partition coefficient (Wildman–Crippen LogP) is 0.694. The molecule has 0 aromatic heterocycles. The number of carbonyl (C=O) groups is 1. The van der Waals surface area contributed by atoms with Gasteiger partial charge >= 0.3 is 0 Å². The Morgan fingerprint density at radius 2 is 2.00 bits per heavy atom. The van der Waals surface area contributed by atoms with Crippen molar-refractivity contribution in [3.05, 3.63) is 28.8 Å². The molecule has 0 unspecified atom stereocenters. The van der Waals surface area contributed by atoms with E-state index in [0.717, 1.165) is 6.26 Å². The van der Waals surface area contributed by atoms with E-state index >= 15 is 0 Å². The number of hydrogen-bond donors (Lipinski definition) is 0. The van der Waals surface area contributed by atoms with Gasteiger partial charge in [-0.2, -0.15) is 9.57 Å². The molecule has 1 aliphatic rings. The normalized spacial score (nSPS) is 16.0. The Morgan fingerprint density at radius 3 is 2.52 bits per heavy atom. The summed E-state index contributed by atoms with van der Waals surface area (Å²) < 4.78 is 29.6. The van der Waals surface area contributed by atoms with Crippen LogP contribution in [0, 0.1) is 11.3 Å². The lowest BCUT2D eigenvalue weighted by Gasteiger charge is -2.33. The predicted molar refractivity (Wildman–Crippen MR) is 84.7 cm³/mol. The maximum absolute atomic E-state index is 12.1. The minimum absolute atomic E-state index is 0.190. The Balaban J connectivity index is 1.88. The van der Waals surface area contributed by atoms with E-state index in [9.17, 15) is 13.2 Å². The topological polar surface area (TPSA) is 90.7 Å². The van der Waals surface area contributed by atoms with Crippen molar-refractivity contribution in [2.24, 2.45) is 0 Å². The van der Waals surface area contributed by atoms with Crippen molar-refractivity contribution in [1.29, 1.82) is 5.26 Å². The van der Waals surface area contributed by atoms with Crippen molar-refractivity contribution < 1.29 is 17.9 Å². The quantitative estimate of drug-likeness (QED) is 0.790. The molecular formula is C14H16ClN3O4S. The summed E-state index contributed by atoms with van der Waals surface area (Å²) in [6.07, 6.45) is 1.15. The SMILES string of the molecule is CS(=O)(=O)N1CCN(C(=O)COc2ccc(C#N)cc2Cl)CC1. The summed E-state index contributed by atoms with van der Waals surface area (Å²) >= 11 is 5.97. The molecule has 0 atom stereocenters. The number of halogens is 1. The molecule has 0 saturated carbocycles. The highest BCUT2D eigenvalue weighted by Crippen LogP contribution is 2.25. The molecule has 0 spiro atoms. The van der Waals surface area contributed by atoms with Crippen LogP contribution >= 0.6 is 11.6 Å².